The van der Waals surface area contributed by atoms with E-state index in [9.17, 15) is 13.6 Å². The number of aldehydes is 1. The number of carbonyl (C=O) groups is 1. The lowest BCUT2D eigenvalue weighted by molar-refractivity contribution is 0.111. The molecule has 0 saturated carbocycles. The smallest absolute Gasteiger partial charge is 0.155 e. The number of halogens is 3. The van der Waals surface area contributed by atoms with Crippen LogP contribution in [0.4, 0.5) is 8.78 Å². The average Bonchev–Trinajstić information content (AvgIpc) is 2.18. The molecule has 0 aromatic heterocycles. The summed E-state index contributed by atoms with van der Waals surface area (Å²) in [7, 11) is 0. The fourth-order valence-corrected chi connectivity index (χ4v) is 1.08. The minimum atomic E-state index is -0.861. The van der Waals surface area contributed by atoms with E-state index < -0.39 is 17.2 Å². The highest BCUT2D eigenvalue weighted by Gasteiger charge is 2.10. The first-order chi connectivity index (χ1) is 6.70. The molecule has 4 heteroatoms. The molecule has 0 spiro atoms. The van der Waals surface area contributed by atoms with Gasteiger partial charge in [0.05, 0.1) is 5.56 Å². The largest absolute Gasteiger partial charge is 0.298 e. The van der Waals surface area contributed by atoms with Crippen LogP contribution < -0.4 is 0 Å². The molecule has 0 aliphatic carbocycles. The quantitative estimate of drug-likeness (QED) is 0.561. The van der Waals surface area contributed by atoms with Crippen molar-refractivity contribution in [2.45, 2.75) is 0 Å². The number of rotatable bonds is 3. The number of hydrogen-bond donors (Lipinski definition) is 0. The van der Waals surface area contributed by atoms with Crippen LogP contribution in [-0.4, -0.2) is 12.2 Å². The summed E-state index contributed by atoms with van der Waals surface area (Å²) >= 11 is 5.36. The minimum Gasteiger partial charge on any atom is -0.298 e. The summed E-state index contributed by atoms with van der Waals surface area (Å²) in [5, 5.41) is 0. The predicted octanol–water partition coefficient (Wildman–Crippen LogP) is 3.03. The van der Waals surface area contributed by atoms with Gasteiger partial charge in [-0.1, -0.05) is 12.2 Å². The molecule has 0 amide bonds. The van der Waals surface area contributed by atoms with E-state index in [0.29, 0.717) is 0 Å². The predicted molar refractivity (Wildman–Crippen MR) is 51.5 cm³/mol. The van der Waals surface area contributed by atoms with E-state index >= 15 is 0 Å². The monoisotopic (exact) mass is 216 g/mol. The summed E-state index contributed by atoms with van der Waals surface area (Å²) in [6.45, 7) is 0. The molecule has 1 nitrogen and oxygen atoms in total. The van der Waals surface area contributed by atoms with Crippen molar-refractivity contribution in [3.05, 3.63) is 41.0 Å². The van der Waals surface area contributed by atoms with Crippen molar-refractivity contribution in [2.75, 3.05) is 5.88 Å². The van der Waals surface area contributed by atoms with Crippen LogP contribution in [-0.2, 0) is 0 Å². The molecule has 1 rings (SSSR count). The number of allylic oxidation sites excluding steroid dienone is 1. The number of benzene rings is 1. The van der Waals surface area contributed by atoms with Gasteiger partial charge in [-0.25, -0.2) is 8.78 Å². The summed E-state index contributed by atoms with van der Waals surface area (Å²) < 4.78 is 26.1. The van der Waals surface area contributed by atoms with Gasteiger partial charge in [-0.3, -0.25) is 4.79 Å². The molecular formula is C10H7ClF2O. The minimum absolute atomic E-state index is 0.147. The Hall–Kier alpha value is -1.22. The Kier molecular flexibility index (Phi) is 3.77. The van der Waals surface area contributed by atoms with E-state index in [0.717, 1.165) is 6.07 Å². The van der Waals surface area contributed by atoms with Crippen LogP contribution in [0.25, 0.3) is 6.08 Å². The lowest BCUT2D eigenvalue weighted by Gasteiger charge is -2.00. The van der Waals surface area contributed by atoms with Crippen molar-refractivity contribution in [1.29, 1.82) is 0 Å². The van der Waals surface area contributed by atoms with Crippen molar-refractivity contribution < 1.29 is 13.6 Å². The first kappa shape index (κ1) is 10.9. The van der Waals surface area contributed by atoms with Gasteiger partial charge in [-0.05, 0) is 12.1 Å². The van der Waals surface area contributed by atoms with Crippen LogP contribution in [0.2, 0.25) is 0 Å². The van der Waals surface area contributed by atoms with Crippen LogP contribution in [0.3, 0.4) is 0 Å². The van der Waals surface area contributed by atoms with Gasteiger partial charge in [0, 0.05) is 11.4 Å². The molecule has 1 aromatic rings. The third-order valence-corrected chi connectivity index (χ3v) is 1.84. The molecule has 0 unspecified atom stereocenters. The Balaban J connectivity index is 3.21. The van der Waals surface area contributed by atoms with Crippen molar-refractivity contribution >= 4 is 24.0 Å². The molecule has 0 fully saturated rings. The zero-order valence-corrected chi connectivity index (χ0v) is 7.89. The fraction of sp³-hybridized carbons (Fsp3) is 0.100. The Morgan fingerprint density at radius 2 is 2.07 bits per heavy atom. The zero-order valence-electron chi connectivity index (χ0n) is 7.14. The number of alkyl halides is 1. The van der Waals surface area contributed by atoms with Gasteiger partial charge in [-0.2, -0.15) is 0 Å². The second-order valence-electron chi connectivity index (χ2n) is 2.54. The van der Waals surface area contributed by atoms with Crippen LogP contribution in [0.15, 0.2) is 18.2 Å². The molecule has 1 aromatic carbocycles. The topological polar surface area (TPSA) is 17.1 Å². The summed E-state index contributed by atoms with van der Waals surface area (Å²) in [5.41, 5.74) is -0.407. The molecule has 0 aliphatic heterocycles. The van der Waals surface area contributed by atoms with Crippen LogP contribution >= 0.6 is 11.6 Å². The van der Waals surface area contributed by atoms with Crippen molar-refractivity contribution in [3.8, 4) is 0 Å². The lowest BCUT2D eigenvalue weighted by atomic mass is 10.1. The van der Waals surface area contributed by atoms with Gasteiger partial charge in [0.2, 0.25) is 0 Å². The van der Waals surface area contributed by atoms with E-state index in [1.54, 1.807) is 0 Å². The Bertz CT molecular complexity index is 375. The van der Waals surface area contributed by atoms with E-state index in [2.05, 4.69) is 0 Å². The Morgan fingerprint density at radius 1 is 1.36 bits per heavy atom. The summed E-state index contributed by atoms with van der Waals surface area (Å²) in [4.78, 5) is 10.3. The van der Waals surface area contributed by atoms with Gasteiger partial charge < -0.3 is 0 Å². The van der Waals surface area contributed by atoms with E-state index in [1.165, 1.54) is 18.2 Å². The van der Waals surface area contributed by atoms with Gasteiger partial charge >= 0.3 is 0 Å². The first-order valence-electron chi connectivity index (χ1n) is 3.86. The van der Waals surface area contributed by atoms with E-state index in [4.69, 9.17) is 11.6 Å². The van der Waals surface area contributed by atoms with E-state index in [1.807, 2.05) is 0 Å². The molecule has 0 atom stereocenters. The van der Waals surface area contributed by atoms with Gasteiger partial charge in [0.25, 0.3) is 0 Å². The van der Waals surface area contributed by atoms with Crippen LogP contribution in [0.1, 0.15) is 15.9 Å². The maximum absolute atomic E-state index is 13.3. The SMILES string of the molecule is O=Cc1c(F)ccc(C=CCCl)c1F. The molecular weight excluding hydrogens is 210 g/mol. The van der Waals surface area contributed by atoms with Crippen molar-refractivity contribution in [3.63, 3.8) is 0 Å². The maximum atomic E-state index is 13.3. The van der Waals surface area contributed by atoms with Gasteiger partial charge in [0.1, 0.15) is 11.6 Å². The second kappa shape index (κ2) is 4.86. The molecule has 0 bridgehead atoms. The Morgan fingerprint density at radius 3 is 2.64 bits per heavy atom. The molecule has 0 radical (unpaired) electrons. The zero-order chi connectivity index (χ0) is 10.6. The average molecular weight is 217 g/mol. The summed E-state index contributed by atoms with van der Waals surface area (Å²) in [6, 6.07) is 2.29. The number of carbonyl (C=O) groups excluding carboxylic acids is 1. The molecule has 0 heterocycles. The van der Waals surface area contributed by atoms with Gasteiger partial charge in [0.15, 0.2) is 6.29 Å². The Labute approximate surface area is 85.0 Å². The third kappa shape index (κ3) is 2.17. The van der Waals surface area contributed by atoms with Crippen LogP contribution in [0.5, 0.6) is 0 Å². The van der Waals surface area contributed by atoms with Gasteiger partial charge in [-0.15, -0.1) is 11.6 Å². The second-order valence-corrected chi connectivity index (χ2v) is 2.85. The normalized spacial score (nSPS) is 10.8. The van der Waals surface area contributed by atoms with E-state index in [-0.39, 0.29) is 17.7 Å². The highest BCUT2D eigenvalue weighted by atomic mass is 35.5. The molecule has 0 N–H and O–H groups in total. The maximum Gasteiger partial charge on any atom is 0.155 e. The molecule has 0 aliphatic rings. The fourth-order valence-electron chi connectivity index (χ4n) is 0.994. The summed E-state index contributed by atoms with van der Waals surface area (Å²) in [6.07, 6.45) is 3.06. The molecule has 74 valence electrons. The standard InChI is InChI=1S/C10H7ClF2O/c11-5-1-2-7-3-4-9(12)8(6-14)10(7)13/h1-4,6H,5H2. The number of hydrogen-bond acceptors (Lipinski definition) is 1. The van der Waals surface area contributed by atoms with Crippen molar-refractivity contribution in [1.82, 2.24) is 0 Å². The molecule has 14 heavy (non-hydrogen) atoms. The molecule has 0 saturated heterocycles. The van der Waals surface area contributed by atoms with Crippen LogP contribution in [0, 0.1) is 11.6 Å². The van der Waals surface area contributed by atoms with Crippen molar-refractivity contribution in [2.24, 2.45) is 0 Å². The first-order valence-corrected chi connectivity index (χ1v) is 4.40. The highest BCUT2D eigenvalue weighted by Crippen LogP contribution is 2.16. The highest BCUT2D eigenvalue weighted by molar-refractivity contribution is 6.19. The lowest BCUT2D eigenvalue weighted by Crippen LogP contribution is -1.96. The summed E-state index contributed by atoms with van der Waals surface area (Å²) in [5.74, 6) is -1.49. The third-order valence-electron chi connectivity index (χ3n) is 1.66.